The van der Waals surface area contributed by atoms with E-state index in [4.69, 9.17) is 9.84 Å². The first-order valence-electron chi connectivity index (χ1n) is 6.13. The first-order valence-corrected chi connectivity index (χ1v) is 6.13. The van der Waals surface area contributed by atoms with Gasteiger partial charge in [0.15, 0.2) is 5.69 Å². The number of rotatable bonds is 3. The molecule has 1 aliphatic carbocycles. The van der Waals surface area contributed by atoms with Gasteiger partial charge in [-0.2, -0.15) is 0 Å². The number of ether oxygens (including phenoxy) is 1. The van der Waals surface area contributed by atoms with Crippen LogP contribution in [0.15, 0.2) is 12.1 Å². The Balaban J connectivity index is 2.01. The summed E-state index contributed by atoms with van der Waals surface area (Å²) in [5.41, 5.74) is 1.90. The average Bonchev–Trinajstić information content (AvgIpc) is 3.23. The molecular weight excluding hydrogens is 232 g/mol. The molecule has 0 atom stereocenters. The van der Waals surface area contributed by atoms with Crippen LogP contribution in [0.3, 0.4) is 0 Å². The third kappa shape index (κ3) is 2.26. The number of aromatic carboxylic acids is 1. The fourth-order valence-corrected chi connectivity index (χ4v) is 2.02. The predicted octanol–water partition coefficient (Wildman–Crippen LogP) is 1.86. The lowest BCUT2D eigenvalue weighted by atomic mass is 10.1. The minimum absolute atomic E-state index is 0.0919. The molecule has 1 saturated carbocycles. The zero-order valence-corrected chi connectivity index (χ0v) is 9.93. The Morgan fingerprint density at radius 3 is 2.83 bits per heavy atom. The van der Waals surface area contributed by atoms with Gasteiger partial charge in [-0.3, -0.25) is 0 Å². The molecule has 0 amide bonds. The van der Waals surface area contributed by atoms with E-state index < -0.39 is 5.97 Å². The van der Waals surface area contributed by atoms with E-state index in [1.165, 1.54) is 0 Å². The van der Waals surface area contributed by atoms with Crippen LogP contribution in [0.5, 0.6) is 0 Å². The van der Waals surface area contributed by atoms with Crippen molar-refractivity contribution in [3.8, 4) is 0 Å². The maximum absolute atomic E-state index is 11.1. The number of hydrogen-bond acceptors (Lipinski definition) is 4. The summed E-state index contributed by atoms with van der Waals surface area (Å²) in [6.45, 7) is 1.23. The standard InChI is InChI=1S/C13H14N2O3/c16-13(17)11-7-10(8-3-5-18-6-4-8)14-12(15-11)9-1-2-9/h3,7,9H,1-2,4-6H2,(H,16,17). The van der Waals surface area contributed by atoms with E-state index in [0.29, 0.717) is 25.0 Å². The molecule has 1 aromatic heterocycles. The van der Waals surface area contributed by atoms with E-state index in [0.717, 1.165) is 30.5 Å². The molecule has 1 N–H and O–H groups in total. The van der Waals surface area contributed by atoms with Crippen LogP contribution in [0.2, 0.25) is 0 Å². The third-order valence-electron chi connectivity index (χ3n) is 3.20. The maximum Gasteiger partial charge on any atom is 0.354 e. The SMILES string of the molecule is O=C(O)c1cc(C2=CCOCC2)nc(C2CC2)n1. The van der Waals surface area contributed by atoms with Gasteiger partial charge < -0.3 is 9.84 Å². The summed E-state index contributed by atoms with van der Waals surface area (Å²) in [6, 6.07) is 1.56. The number of carboxylic acid groups (broad SMARTS) is 1. The Kier molecular flexibility index (Phi) is 2.83. The van der Waals surface area contributed by atoms with Crippen molar-refractivity contribution < 1.29 is 14.6 Å². The van der Waals surface area contributed by atoms with Crippen LogP contribution >= 0.6 is 0 Å². The third-order valence-corrected chi connectivity index (χ3v) is 3.20. The molecule has 0 bridgehead atoms. The molecule has 1 fully saturated rings. The molecule has 2 heterocycles. The molecule has 0 aromatic carbocycles. The van der Waals surface area contributed by atoms with Gasteiger partial charge in [-0.05, 0) is 30.9 Å². The summed E-state index contributed by atoms with van der Waals surface area (Å²) in [5, 5.41) is 9.10. The van der Waals surface area contributed by atoms with Gasteiger partial charge in [0.2, 0.25) is 0 Å². The first kappa shape index (κ1) is 11.3. The number of aromatic nitrogens is 2. The molecule has 94 valence electrons. The second-order valence-corrected chi connectivity index (χ2v) is 4.63. The zero-order chi connectivity index (χ0) is 12.5. The Labute approximate surface area is 105 Å². The second kappa shape index (κ2) is 4.49. The molecule has 0 unspecified atom stereocenters. The highest BCUT2D eigenvalue weighted by Gasteiger charge is 2.28. The van der Waals surface area contributed by atoms with Gasteiger partial charge in [0, 0.05) is 5.92 Å². The van der Waals surface area contributed by atoms with Crippen LogP contribution in [0, 0.1) is 0 Å². The number of hydrogen-bond donors (Lipinski definition) is 1. The smallest absolute Gasteiger partial charge is 0.354 e. The molecule has 1 aliphatic heterocycles. The van der Waals surface area contributed by atoms with Gasteiger partial charge in [0.05, 0.1) is 18.9 Å². The lowest BCUT2D eigenvalue weighted by molar-refractivity contribution is 0.0690. The minimum Gasteiger partial charge on any atom is -0.477 e. The van der Waals surface area contributed by atoms with Crippen molar-refractivity contribution in [3.63, 3.8) is 0 Å². The van der Waals surface area contributed by atoms with E-state index in [1.54, 1.807) is 6.07 Å². The average molecular weight is 246 g/mol. The molecule has 3 rings (SSSR count). The van der Waals surface area contributed by atoms with E-state index in [1.807, 2.05) is 6.08 Å². The van der Waals surface area contributed by atoms with Crippen molar-refractivity contribution in [3.05, 3.63) is 29.4 Å². The lowest BCUT2D eigenvalue weighted by Crippen LogP contribution is -2.10. The summed E-state index contributed by atoms with van der Waals surface area (Å²) in [5.74, 6) is 0.0361. The number of nitrogens with zero attached hydrogens (tertiary/aromatic N) is 2. The summed E-state index contributed by atoms with van der Waals surface area (Å²) >= 11 is 0. The van der Waals surface area contributed by atoms with Gasteiger partial charge >= 0.3 is 5.97 Å². The Morgan fingerprint density at radius 1 is 1.39 bits per heavy atom. The quantitative estimate of drug-likeness (QED) is 0.881. The normalized spacial score (nSPS) is 19.4. The van der Waals surface area contributed by atoms with Crippen molar-refractivity contribution in [2.24, 2.45) is 0 Å². The van der Waals surface area contributed by atoms with E-state index >= 15 is 0 Å². The summed E-state index contributed by atoms with van der Waals surface area (Å²) < 4.78 is 5.25. The molecule has 0 saturated heterocycles. The van der Waals surface area contributed by atoms with Gasteiger partial charge in [-0.1, -0.05) is 6.08 Å². The predicted molar refractivity (Wildman–Crippen MR) is 64.4 cm³/mol. The first-order chi connectivity index (χ1) is 8.74. The second-order valence-electron chi connectivity index (χ2n) is 4.63. The largest absolute Gasteiger partial charge is 0.477 e. The molecule has 1 aromatic rings. The van der Waals surface area contributed by atoms with Crippen molar-refractivity contribution in [1.29, 1.82) is 0 Å². The van der Waals surface area contributed by atoms with Crippen LogP contribution in [-0.4, -0.2) is 34.3 Å². The highest BCUT2D eigenvalue weighted by Crippen LogP contribution is 2.38. The summed E-state index contributed by atoms with van der Waals surface area (Å²) in [7, 11) is 0. The van der Waals surface area contributed by atoms with Gasteiger partial charge in [-0.15, -0.1) is 0 Å². The van der Waals surface area contributed by atoms with E-state index in [2.05, 4.69) is 9.97 Å². The van der Waals surface area contributed by atoms with Crippen LogP contribution in [0.1, 0.15) is 47.2 Å². The van der Waals surface area contributed by atoms with Crippen molar-refractivity contribution in [2.75, 3.05) is 13.2 Å². The highest BCUT2D eigenvalue weighted by atomic mass is 16.5. The number of carboxylic acids is 1. The van der Waals surface area contributed by atoms with Crippen molar-refractivity contribution in [2.45, 2.75) is 25.2 Å². The molecule has 0 radical (unpaired) electrons. The molecule has 0 spiro atoms. The van der Waals surface area contributed by atoms with Gasteiger partial charge in [-0.25, -0.2) is 14.8 Å². The Bertz CT molecular complexity index is 521. The minimum atomic E-state index is -0.992. The highest BCUT2D eigenvalue weighted by molar-refractivity contribution is 5.86. The topological polar surface area (TPSA) is 72.3 Å². The fourth-order valence-electron chi connectivity index (χ4n) is 2.02. The van der Waals surface area contributed by atoms with Gasteiger partial charge in [0.25, 0.3) is 0 Å². The maximum atomic E-state index is 11.1. The van der Waals surface area contributed by atoms with Crippen LogP contribution in [0.25, 0.3) is 5.57 Å². The van der Waals surface area contributed by atoms with Crippen LogP contribution in [0.4, 0.5) is 0 Å². The molecule has 5 heteroatoms. The summed E-state index contributed by atoms with van der Waals surface area (Å²) in [6.07, 6.45) is 4.86. The van der Waals surface area contributed by atoms with Crippen molar-refractivity contribution in [1.82, 2.24) is 9.97 Å². The number of carbonyl (C=O) groups is 1. The summed E-state index contributed by atoms with van der Waals surface area (Å²) in [4.78, 5) is 19.7. The fraction of sp³-hybridized carbons (Fsp3) is 0.462. The molecule has 18 heavy (non-hydrogen) atoms. The zero-order valence-electron chi connectivity index (χ0n) is 9.93. The Hall–Kier alpha value is -1.75. The van der Waals surface area contributed by atoms with Gasteiger partial charge in [0.1, 0.15) is 5.82 Å². The van der Waals surface area contributed by atoms with Crippen molar-refractivity contribution >= 4 is 11.5 Å². The monoisotopic (exact) mass is 246 g/mol. The molecule has 2 aliphatic rings. The van der Waals surface area contributed by atoms with E-state index in [-0.39, 0.29) is 5.69 Å². The van der Waals surface area contributed by atoms with Crippen LogP contribution in [-0.2, 0) is 4.74 Å². The molecular formula is C13H14N2O3. The molecule has 5 nitrogen and oxygen atoms in total. The Morgan fingerprint density at radius 2 is 2.22 bits per heavy atom. The van der Waals surface area contributed by atoms with Crippen LogP contribution < -0.4 is 0 Å². The lowest BCUT2D eigenvalue weighted by Gasteiger charge is -2.14. The van der Waals surface area contributed by atoms with E-state index in [9.17, 15) is 4.79 Å².